The maximum Gasteiger partial charge on any atom is 0.407 e. The molecule has 1 amide bonds. The Labute approximate surface area is 182 Å². The molecule has 0 aliphatic carbocycles. The standard InChI is InChI=1S/C24H28N4O3/c25-22(12-19-9-5-2-6-10-19)23(29)13-21(11-18-7-3-1-4-8-18)28-24(30)31-16-20-14-26-17-27-15-20/h1-10,14-15,17,21-23,29H,11-13,16,25H2,(H,28,30)/t21-,22-,23-/m0/s1. The van der Waals surface area contributed by atoms with Crippen molar-refractivity contribution in [3.63, 3.8) is 0 Å². The number of nitrogens with two attached hydrogens (primary N) is 1. The van der Waals surface area contributed by atoms with E-state index in [0.717, 1.165) is 11.1 Å². The van der Waals surface area contributed by atoms with E-state index in [1.807, 2.05) is 60.7 Å². The molecule has 0 aliphatic heterocycles. The summed E-state index contributed by atoms with van der Waals surface area (Å²) in [4.78, 5) is 20.2. The Kier molecular flexibility index (Phi) is 8.51. The summed E-state index contributed by atoms with van der Waals surface area (Å²) < 4.78 is 5.29. The van der Waals surface area contributed by atoms with Gasteiger partial charge >= 0.3 is 6.09 Å². The molecule has 0 aliphatic rings. The van der Waals surface area contributed by atoms with Crippen LogP contribution in [0.25, 0.3) is 0 Å². The molecule has 3 aromatic rings. The SMILES string of the molecule is N[C@@H](Cc1ccccc1)[C@@H](O)C[C@H](Cc1ccccc1)NC(=O)OCc1cncnc1. The highest BCUT2D eigenvalue weighted by atomic mass is 16.5. The Morgan fingerprint density at radius 3 is 2.13 bits per heavy atom. The van der Waals surface area contributed by atoms with E-state index in [1.54, 1.807) is 12.4 Å². The molecule has 31 heavy (non-hydrogen) atoms. The largest absolute Gasteiger partial charge is 0.445 e. The number of carbonyl (C=O) groups excluding carboxylic acids is 1. The monoisotopic (exact) mass is 420 g/mol. The Balaban J connectivity index is 1.59. The summed E-state index contributed by atoms with van der Waals surface area (Å²) in [5, 5.41) is 13.6. The van der Waals surface area contributed by atoms with Crippen molar-refractivity contribution in [3.8, 4) is 0 Å². The lowest BCUT2D eigenvalue weighted by molar-refractivity contribution is 0.109. The van der Waals surface area contributed by atoms with Crippen LogP contribution in [-0.2, 0) is 24.2 Å². The van der Waals surface area contributed by atoms with E-state index in [1.165, 1.54) is 6.33 Å². The lowest BCUT2D eigenvalue weighted by atomic mass is 9.94. The number of aliphatic hydroxyl groups excluding tert-OH is 1. The molecule has 0 unspecified atom stereocenters. The maximum atomic E-state index is 12.4. The third-order valence-corrected chi connectivity index (χ3v) is 4.97. The van der Waals surface area contributed by atoms with Crippen molar-refractivity contribution >= 4 is 6.09 Å². The van der Waals surface area contributed by atoms with Crippen LogP contribution in [0.4, 0.5) is 4.79 Å². The molecular weight excluding hydrogens is 392 g/mol. The Hall–Kier alpha value is -3.29. The molecule has 0 radical (unpaired) electrons. The number of carbonyl (C=O) groups is 1. The molecule has 4 N–H and O–H groups in total. The highest BCUT2D eigenvalue weighted by molar-refractivity contribution is 5.67. The summed E-state index contributed by atoms with van der Waals surface area (Å²) in [6.07, 6.45) is 4.68. The molecular formula is C24H28N4O3. The second-order valence-electron chi connectivity index (χ2n) is 7.51. The fourth-order valence-corrected chi connectivity index (χ4v) is 3.34. The zero-order valence-electron chi connectivity index (χ0n) is 17.3. The third-order valence-electron chi connectivity index (χ3n) is 4.97. The number of nitrogens with one attached hydrogen (secondary N) is 1. The number of hydrogen-bond donors (Lipinski definition) is 3. The zero-order chi connectivity index (χ0) is 21.9. The average Bonchev–Trinajstić information content (AvgIpc) is 2.79. The molecule has 7 nitrogen and oxygen atoms in total. The van der Waals surface area contributed by atoms with Gasteiger partial charge < -0.3 is 20.9 Å². The van der Waals surface area contributed by atoms with E-state index in [2.05, 4.69) is 15.3 Å². The molecule has 0 bridgehead atoms. The number of hydrogen-bond acceptors (Lipinski definition) is 6. The smallest absolute Gasteiger partial charge is 0.407 e. The van der Waals surface area contributed by atoms with Crippen LogP contribution in [0.1, 0.15) is 23.1 Å². The first kappa shape index (κ1) is 22.4. The number of aromatic nitrogens is 2. The van der Waals surface area contributed by atoms with E-state index < -0.39 is 18.2 Å². The predicted octanol–water partition coefficient (Wildman–Crippen LogP) is 2.64. The minimum absolute atomic E-state index is 0.0702. The van der Waals surface area contributed by atoms with Crippen molar-refractivity contribution < 1.29 is 14.6 Å². The van der Waals surface area contributed by atoms with Gasteiger partial charge in [0.1, 0.15) is 12.9 Å². The number of benzene rings is 2. The van der Waals surface area contributed by atoms with Crippen molar-refractivity contribution in [2.75, 3.05) is 0 Å². The molecule has 1 heterocycles. The van der Waals surface area contributed by atoms with Crippen LogP contribution in [0.5, 0.6) is 0 Å². The number of alkyl carbamates (subject to hydrolysis) is 1. The molecule has 0 saturated carbocycles. The second kappa shape index (κ2) is 11.8. The van der Waals surface area contributed by atoms with Gasteiger partial charge in [-0.3, -0.25) is 0 Å². The van der Waals surface area contributed by atoms with Crippen LogP contribution in [0.2, 0.25) is 0 Å². The van der Waals surface area contributed by atoms with Gasteiger partial charge in [-0.25, -0.2) is 14.8 Å². The Bertz CT molecular complexity index is 910. The van der Waals surface area contributed by atoms with Crippen LogP contribution in [0, 0.1) is 0 Å². The Morgan fingerprint density at radius 1 is 0.935 bits per heavy atom. The van der Waals surface area contributed by atoms with E-state index in [4.69, 9.17) is 10.5 Å². The van der Waals surface area contributed by atoms with Gasteiger partial charge in [-0.15, -0.1) is 0 Å². The zero-order valence-corrected chi connectivity index (χ0v) is 17.3. The summed E-state index contributed by atoms with van der Waals surface area (Å²) >= 11 is 0. The van der Waals surface area contributed by atoms with Crippen LogP contribution in [0.3, 0.4) is 0 Å². The number of nitrogens with zero attached hydrogens (tertiary/aromatic N) is 2. The molecule has 2 aromatic carbocycles. The number of ether oxygens (including phenoxy) is 1. The van der Waals surface area contributed by atoms with Crippen LogP contribution < -0.4 is 11.1 Å². The maximum absolute atomic E-state index is 12.4. The molecule has 7 heteroatoms. The fourth-order valence-electron chi connectivity index (χ4n) is 3.34. The number of rotatable bonds is 10. The van der Waals surface area contributed by atoms with Crippen molar-refractivity contribution in [2.24, 2.45) is 5.73 Å². The van der Waals surface area contributed by atoms with Crippen LogP contribution in [-0.4, -0.2) is 39.4 Å². The van der Waals surface area contributed by atoms with Crippen molar-refractivity contribution in [1.82, 2.24) is 15.3 Å². The van der Waals surface area contributed by atoms with E-state index in [9.17, 15) is 9.90 Å². The van der Waals surface area contributed by atoms with Gasteiger partial charge in [0, 0.05) is 30.0 Å². The fraction of sp³-hybridized carbons (Fsp3) is 0.292. The average molecular weight is 421 g/mol. The van der Waals surface area contributed by atoms with Gasteiger partial charge in [0.05, 0.1) is 6.10 Å². The van der Waals surface area contributed by atoms with E-state index in [-0.39, 0.29) is 12.6 Å². The van der Waals surface area contributed by atoms with Gasteiger partial charge in [-0.05, 0) is 30.4 Å². The van der Waals surface area contributed by atoms with Gasteiger partial charge in [0.15, 0.2) is 0 Å². The summed E-state index contributed by atoms with van der Waals surface area (Å²) in [7, 11) is 0. The highest BCUT2D eigenvalue weighted by Gasteiger charge is 2.23. The predicted molar refractivity (Wildman–Crippen MR) is 118 cm³/mol. The second-order valence-corrected chi connectivity index (χ2v) is 7.51. The third kappa shape index (κ3) is 7.81. The molecule has 0 saturated heterocycles. The molecule has 0 spiro atoms. The van der Waals surface area contributed by atoms with E-state index in [0.29, 0.717) is 24.8 Å². The van der Waals surface area contributed by atoms with Crippen LogP contribution in [0.15, 0.2) is 79.4 Å². The summed E-state index contributed by atoms with van der Waals surface area (Å²) in [6.45, 7) is 0.0702. The minimum atomic E-state index is -0.781. The first-order valence-electron chi connectivity index (χ1n) is 10.3. The molecule has 3 rings (SSSR count). The summed E-state index contributed by atoms with van der Waals surface area (Å²) in [5.74, 6) is 0. The van der Waals surface area contributed by atoms with Gasteiger partial charge in [0.25, 0.3) is 0 Å². The van der Waals surface area contributed by atoms with Crippen molar-refractivity contribution in [2.45, 2.75) is 44.1 Å². The quantitative estimate of drug-likeness (QED) is 0.465. The first-order valence-corrected chi connectivity index (χ1v) is 10.3. The van der Waals surface area contributed by atoms with E-state index >= 15 is 0 Å². The summed E-state index contributed by atoms with van der Waals surface area (Å²) in [5.41, 5.74) is 9.06. The van der Waals surface area contributed by atoms with Gasteiger partial charge in [-0.2, -0.15) is 0 Å². The topological polar surface area (TPSA) is 110 Å². The minimum Gasteiger partial charge on any atom is -0.445 e. The first-order chi connectivity index (χ1) is 15.1. The molecule has 162 valence electrons. The van der Waals surface area contributed by atoms with Crippen molar-refractivity contribution in [1.29, 1.82) is 0 Å². The molecule has 1 aromatic heterocycles. The number of aliphatic hydroxyl groups is 1. The normalized spacial score (nSPS) is 13.7. The molecule has 3 atom stereocenters. The lowest BCUT2D eigenvalue weighted by Crippen LogP contribution is -2.44. The van der Waals surface area contributed by atoms with Crippen LogP contribution >= 0.6 is 0 Å². The molecule has 0 fully saturated rings. The van der Waals surface area contributed by atoms with Crippen molar-refractivity contribution in [3.05, 3.63) is 96.1 Å². The van der Waals surface area contributed by atoms with Gasteiger partial charge in [0.2, 0.25) is 0 Å². The number of amides is 1. The Morgan fingerprint density at radius 2 is 1.52 bits per heavy atom. The summed E-state index contributed by atoms with van der Waals surface area (Å²) in [6, 6.07) is 18.8. The highest BCUT2D eigenvalue weighted by Crippen LogP contribution is 2.13. The van der Waals surface area contributed by atoms with Gasteiger partial charge in [-0.1, -0.05) is 60.7 Å². The lowest BCUT2D eigenvalue weighted by Gasteiger charge is -2.25.